The van der Waals surface area contributed by atoms with Crippen molar-refractivity contribution in [3.63, 3.8) is 0 Å². The fourth-order valence-electron chi connectivity index (χ4n) is 1.49. The Morgan fingerprint density at radius 1 is 1.40 bits per heavy atom. The molecule has 5 nitrogen and oxygen atoms in total. The Bertz CT molecular complexity index is 746. The predicted molar refractivity (Wildman–Crippen MR) is 68.6 cm³/mol. The lowest BCUT2D eigenvalue weighted by atomic mass is 10.2. The number of sulfonamides is 1. The summed E-state index contributed by atoms with van der Waals surface area (Å²) in [7, 11) is -2.47. The molecule has 0 bridgehead atoms. The first-order valence-corrected chi connectivity index (χ1v) is 7.28. The monoisotopic (exact) mass is 321 g/mol. The first-order chi connectivity index (χ1) is 9.31. The van der Waals surface area contributed by atoms with Gasteiger partial charge in [0.15, 0.2) is 0 Å². The third-order valence-electron chi connectivity index (χ3n) is 2.55. The molecule has 108 valence electrons. The van der Waals surface area contributed by atoms with Crippen LogP contribution in [0.4, 0.5) is 8.78 Å². The Hall–Kier alpha value is -1.51. The molecule has 0 amide bonds. The van der Waals surface area contributed by atoms with Crippen LogP contribution in [0, 0.1) is 11.6 Å². The summed E-state index contributed by atoms with van der Waals surface area (Å²) in [6.07, 6.45) is 1.24. The summed E-state index contributed by atoms with van der Waals surface area (Å²) in [5, 5.41) is -0.435. The molecule has 0 aliphatic carbocycles. The molecule has 0 saturated heterocycles. The normalized spacial score (nSPS) is 11.8. The molecule has 20 heavy (non-hydrogen) atoms. The second-order valence-corrected chi connectivity index (χ2v) is 6.05. The molecule has 0 unspecified atom stereocenters. The van der Waals surface area contributed by atoms with Crippen molar-refractivity contribution in [3.8, 4) is 0 Å². The number of nitrogens with zero attached hydrogens (tertiary/aromatic N) is 2. The second-order valence-electron chi connectivity index (χ2n) is 4.01. The van der Waals surface area contributed by atoms with Crippen LogP contribution in [0.15, 0.2) is 29.6 Å². The molecule has 2 rings (SSSR count). The van der Waals surface area contributed by atoms with Crippen molar-refractivity contribution in [2.75, 3.05) is 0 Å². The number of benzene rings is 1. The third-order valence-corrected chi connectivity index (χ3v) is 4.44. The fourth-order valence-corrected chi connectivity index (χ4v) is 2.93. The Kier molecular flexibility index (Phi) is 4.07. The standard InChI is InChI=1S/C11H10ClF2N3O2S/c1-17-6-15-11(10(17)12)20(18,19)16-5-7-4-8(13)2-3-9(7)14/h2-4,6,16H,5H2,1H3. The van der Waals surface area contributed by atoms with Crippen LogP contribution >= 0.6 is 11.6 Å². The summed E-state index contributed by atoms with van der Waals surface area (Å²) < 4.78 is 53.7. The van der Waals surface area contributed by atoms with Crippen molar-refractivity contribution in [1.29, 1.82) is 0 Å². The van der Waals surface area contributed by atoms with Crippen LogP contribution in [0.25, 0.3) is 0 Å². The van der Waals surface area contributed by atoms with E-state index in [9.17, 15) is 17.2 Å². The van der Waals surface area contributed by atoms with Gasteiger partial charge >= 0.3 is 0 Å². The zero-order valence-electron chi connectivity index (χ0n) is 10.3. The number of hydrogen-bond donors (Lipinski definition) is 1. The van der Waals surface area contributed by atoms with Crippen LogP contribution in [0.1, 0.15) is 5.56 Å². The van der Waals surface area contributed by atoms with Crippen LogP contribution in [0.5, 0.6) is 0 Å². The zero-order chi connectivity index (χ0) is 14.9. The van der Waals surface area contributed by atoms with Crippen LogP contribution in [0.2, 0.25) is 5.15 Å². The Labute approximate surface area is 119 Å². The maximum absolute atomic E-state index is 13.4. The van der Waals surface area contributed by atoms with E-state index < -0.39 is 28.2 Å². The van der Waals surface area contributed by atoms with Gasteiger partial charge in [-0.1, -0.05) is 11.6 Å². The Morgan fingerprint density at radius 3 is 2.70 bits per heavy atom. The number of imidazole rings is 1. The number of aromatic nitrogens is 2. The van der Waals surface area contributed by atoms with Gasteiger partial charge in [0, 0.05) is 19.2 Å². The molecule has 9 heteroatoms. The largest absolute Gasteiger partial charge is 0.324 e. The summed E-state index contributed by atoms with van der Waals surface area (Å²) in [4.78, 5) is 3.65. The molecule has 0 saturated carbocycles. The Morgan fingerprint density at radius 2 is 2.10 bits per heavy atom. The van der Waals surface area contributed by atoms with E-state index in [1.807, 2.05) is 0 Å². The molecule has 1 aromatic heterocycles. The first kappa shape index (κ1) is 14.9. The van der Waals surface area contributed by atoms with Gasteiger partial charge in [-0.2, -0.15) is 0 Å². The summed E-state index contributed by atoms with van der Waals surface area (Å²) in [5.74, 6) is -1.36. The topological polar surface area (TPSA) is 64.0 Å². The van der Waals surface area contributed by atoms with Crippen molar-refractivity contribution in [3.05, 3.63) is 46.9 Å². The lowest BCUT2D eigenvalue weighted by molar-refractivity contribution is 0.565. The highest BCUT2D eigenvalue weighted by Crippen LogP contribution is 2.19. The number of hydrogen-bond acceptors (Lipinski definition) is 3. The highest BCUT2D eigenvalue weighted by atomic mass is 35.5. The molecule has 0 aliphatic heterocycles. The molecule has 0 radical (unpaired) electrons. The van der Waals surface area contributed by atoms with Crippen LogP contribution in [0.3, 0.4) is 0 Å². The van der Waals surface area contributed by atoms with E-state index in [1.54, 1.807) is 0 Å². The van der Waals surface area contributed by atoms with E-state index in [4.69, 9.17) is 11.6 Å². The number of nitrogens with one attached hydrogen (secondary N) is 1. The smallest absolute Gasteiger partial charge is 0.261 e. The van der Waals surface area contributed by atoms with Crippen LogP contribution in [-0.2, 0) is 23.6 Å². The first-order valence-electron chi connectivity index (χ1n) is 5.41. The van der Waals surface area contributed by atoms with Crippen molar-refractivity contribution in [2.45, 2.75) is 11.6 Å². The lowest BCUT2D eigenvalue weighted by Crippen LogP contribution is -2.24. The van der Waals surface area contributed by atoms with E-state index in [-0.39, 0.29) is 15.7 Å². The minimum Gasteiger partial charge on any atom is -0.324 e. The van der Waals surface area contributed by atoms with Gasteiger partial charge in [0.05, 0.1) is 6.33 Å². The molecule has 0 fully saturated rings. The van der Waals surface area contributed by atoms with Gasteiger partial charge in [-0.3, -0.25) is 0 Å². The van der Waals surface area contributed by atoms with Gasteiger partial charge in [-0.05, 0) is 18.2 Å². The maximum atomic E-state index is 13.4. The molecule has 2 aromatic rings. The van der Waals surface area contributed by atoms with Gasteiger partial charge in [-0.25, -0.2) is 26.9 Å². The SMILES string of the molecule is Cn1cnc(S(=O)(=O)NCc2cc(F)ccc2F)c1Cl. The van der Waals surface area contributed by atoms with Gasteiger partial charge < -0.3 is 4.57 Å². The van der Waals surface area contributed by atoms with E-state index in [2.05, 4.69) is 9.71 Å². The number of aryl methyl sites for hydroxylation is 1. The molecule has 1 N–H and O–H groups in total. The average Bonchev–Trinajstić information content (AvgIpc) is 2.72. The average molecular weight is 322 g/mol. The van der Waals surface area contributed by atoms with Gasteiger partial charge in [-0.15, -0.1) is 0 Å². The predicted octanol–water partition coefficient (Wildman–Crippen LogP) is 1.83. The minimum atomic E-state index is -4.00. The number of halogens is 3. The van der Waals surface area contributed by atoms with E-state index >= 15 is 0 Å². The van der Waals surface area contributed by atoms with Crippen LogP contribution in [-0.4, -0.2) is 18.0 Å². The van der Waals surface area contributed by atoms with Crippen molar-refractivity contribution >= 4 is 21.6 Å². The van der Waals surface area contributed by atoms with E-state index in [0.29, 0.717) is 0 Å². The molecule has 0 aliphatic rings. The third kappa shape index (κ3) is 2.97. The highest BCUT2D eigenvalue weighted by molar-refractivity contribution is 7.89. The van der Waals surface area contributed by atoms with Gasteiger partial charge in [0.25, 0.3) is 10.0 Å². The van der Waals surface area contributed by atoms with Crippen molar-refractivity contribution in [1.82, 2.24) is 14.3 Å². The van der Waals surface area contributed by atoms with Gasteiger partial charge in [0.1, 0.15) is 16.8 Å². The highest BCUT2D eigenvalue weighted by Gasteiger charge is 2.22. The quantitative estimate of drug-likeness (QED) is 0.934. The van der Waals surface area contributed by atoms with Crippen molar-refractivity contribution in [2.24, 2.45) is 7.05 Å². The molecular weight excluding hydrogens is 312 g/mol. The second kappa shape index (κ2) is 5.47. The summed E-state index contributed by atoms with van der Waals surface area (Å²) in [6, 6.07) is 2.79. The minimum absolute atomic E-state index is 0.0720. The maximum Gasteiger partial charge on any atom is 0.261 e. The van der Waals surface area contributed by atoms with Crippen LogP contribution < -0.4 is 4.72 Å². The Balaban J connectivity index is 2.22. The molecule has 0 atom stereocenters. The van der Waals surface area contributed by atoms with Gasteiger partial charge in [0.2, 0.25) is 5.03 Å². The molecule has 1 aromatic carbocycles. The van der Waals surface area contributed by atoms with E-state index in [1.165, 1.54) is 17.9 Å². The zero-order valence-corrected chi connectivity index (χ0v) is 11.8. The van der Waals surface area contributed by atoms with Crippen molar-refractivity contribution < 1.29 is 17.2 Å². The molecule has 0 spiro atoms. The molecule has 1 heterocycles. The van der Waals surface area contributed by atoms with E-state index in [0.717, 1.165) is 18.2 Å². The number of rotatable bonds is 4. The lowest BCUT2D eigenvalue weighted by Gasteiger charge is -2.06. The fraction of sp³-hybridized carbons (Fsp3) is 0.182. The summed E-state index contributed by atoms with van der Waals surface area (Å²) in [6.45, 7) is -0.404. The summed E-state index contributed by atoms with van der Waals surface area (Å²) >= 11 is 5.78. The summed E-state index contributed by atoms with van der Waals surface area (Å²) in [5.41, 5.74) is -0.111. The molecular formula is C11H10ClF2N3O2S.